The van der Waals surface area contributed by atoms with E-state index in [9.17, 15) is 9.00 Å². The zero-order valence-electron chi connectivity index (χ0n) is 26.2. The molecule has 1 aliphatic heterocycles. The van der Waals surface area contributed by atoms with Crippen molar-refractivity contribution in [2.75, 3.05) is 32.2 Å². The Labute approximate surface area is 250 Å². The van der Waals surface area contributed by atoms with Crippen LogP contribution in [0.2, 0.25) is 0 Å². The van der Waals surface area contributed by atoms with Gasteiger partial charge < -0.3 is 29.2 Å². The van der Waals surface area contributed by atoms with Crippen LogP contribution in [0.3, 0.4) is 0 Å². The van der Waals surface area contributed by atoms with E-state index in [2.05, 4.69) is 4.57 Å². The summed E-state index contributed by atoms with van der Waals surface area (Å²) in [6, 6.07) is 9.31. The van der Waals surface area contributed by atoms with Crippen LogP contribution in [0.1, 0.15) is 45.7 Å². The van der Waals surface area contributed by atoms with Crippen LogP contribution in [-0.2, 0) is 23.9 Å². The van der Waals surface area contributed by atoms with Gasteiger partial charge in [0.1, 0.15) is 16.9 Å². The van der Waals surface area contributed by atoms with Gasteiger partial charge in [-0.05, 0) is 68.7 Å². The number of benzene rings is 1. The molecular weight excluding hydrogens is 552 g/mol. The van der Waals surface area contributed by atoms with Crippen molar-refractivity contribution in [2.24, 2.45) is 17.6 Å². The number of carbonyl (C=O) groups is 1. The van der Waals surface area contributed by atoms with E-state index in [-0.39, 0.29) is 23.9 Å². The highest BCUT2D eigenvalue weighted by Crippen LogP contribution is 2.40. The summed E-state index contributed by atoms with van der Waals surface area (Å²) in [6.45, 7) is 1.32. The molecule has 0 radical (unpaired) electrons. The number of fused-ring (bicyclic) bond motifs is 4. The molecule has 10 nitrogen and oxygen atoms in total. The molecule has 11 heteroatoms. The summed E-state index contributed by atoms with van der Waals surface area (Å²) in [5.74, 6) is 2.62. The number of pyridine rings is 1. The Kier molecular flexibility index (Phi) is 6.38. The van der Waals surface area contributed by atoms with Crippen LogP contribution in [-0.4, -0.2) is 78.4 Å². The zero-order chi connectivity index (χ0) is 30.9. The molecule has 222 valence electrons. The minimum Gasteiger partial charge on any atom is -0.494 e. The summed E-state index contributed by atoms with van der Waals surface area (Å²) in [5.41, 5.74) is 9.82. The molecule has 2 bridgehead atoms. The van der Waals surface area contributed by atoms with Gasteiger partial charge in [0.2, 0.25) is 5.88 Å². The molecule has 3 aliphatic rings. The minimum absolute atomic E-state index is 0.0224. The highest BCUT2D eigenvalue weighted by Gasteiger charge is 2.47. The number of nitrogens with zero attached hydrogens (tertiary/aromatic N) is 5. The topological polar surface area (TPSA) is 118 Å². The smallest absolute Gasteiger partial charge is 0.254 e. The number of rotatable bonds is 10. The number of likely N-dealkylation sites (tertiary alicyclic amines) is 1. The van der Waals surface area contributed by atoms with Gasteiger partial charge in [0.05, 0.1) is 27.6 Å². The molecule has 1 amide bonds. The van der Waals surface area contributed by atoms with Crippen molar-refractivity contribution in [2.45, 2.75) is 57.8 Å². The first kappa shape index (κ1) is 25.1. The Morgan fingerprint density at radius 1 is 1.17 bits per heavy atom. The quantitative estimate of drug-likeness (QED) is 0.298. The summed E-state index contributed by atoms with van der Waals surface area (Å²) < 4.78 is 43.5. The minimum atomic E-state index is -1.87. The third-order valence-electron chi connectivity index (χ3n) is 9.08. The normalized spacial score (nSPS) is 23.4. The predicted octanol–water partition coefficient (Wildman–Crippen LogP) is 3.81. The Balaban J connectivity index is 1.38. The van der Waals surface area contributed by atoms with Gasteiger partial charge in [-0.1, -0.05) is 0 Å². The molecule has 3 fully saturated rings. The molecule has 0 unspecified atom stereocenters. The van der Waals surface area contributed by atoms with Crippen molar-refractivity contribution in [3.05, 3.63) is 35.9 Å². The van der Waals surface area contributed by atoms with Crippen LogP contribution < -0.4 is 15.2 Å². The summed E-state index contributed by atoms with van der Waals surface area (Å²) in [6.07, 6.45) is 5.92. The molecule has 2 saturated carbocycles. The van der Waals surface area contributed by atoms with E-state index in [4.69, 9.17) is 27.9 Å². The number of ether oxygens (including phenoxy) is 2. The maximum absolute atomic E-state index is 13.8. The molecule has 1 saturated heterocycles. The second-order valence-corrected chi connectivity index (χ2v) is 13.4. The summed E-state index contributed by atoms with van der Waals surface area (Å²) in [4.78, 5) is 25.5. The van der Waals surface area contributed by atoms with Crippen molar-refractivity contribution in [1.82, 2.24) is 24.0 Å². The first-order valence-electron chi connectivity index (χ1n) is 15.6. The standard InChI is InChI=1S/C31H38N6O4S/c1-4-41-26-10-8-19-14-24(36(29(19)34-26)16-18-5-6-18)30-33-22-13-21(31(38)37-17-20-7-9-23(37)27(20)32)15-25(40-2)28(22)35(30)11-12-42(3)39/h8,10,13-15,18,20,23,27H,4-7,9,11-12,16-17,32H2,1-3H3/t20-,23-,27-,42+/m1/s1/i4D2. The third kappa shape index (κ3) is 4.66. The highest BCUT2D eigenvalue weighted by molar-refractivity contribution is 7.84. The van der Waals surface area contributed by atoms with E-state index in [0.29, 0.717) is 59.0 Å². The molecule has 0 spiro atoms. The Hall–Kier alpha value is -3.44. The van der Waals surface area contributed by atoms with Crippen LogP contribution in [0.4, 0.5) is 0 Å². The maximum Gasteiger partial charge on any atom is 0.254 e. The zero-order valence-corrected chi connectivity index (χ0v) is 25.0. The Bertz CT molecular complexity index is 1800. The Morgan fingerprint density at radius 3 is 2.67 bits per heavy atom. The van der Waals surface area contributed by atoms with Gasteiger partial charge in [0, 0.05) is 71.5 Å². The largest absolute Gasteiger partial charge is 0.494 e. The number of aromatic nitrogens is 4. The van der Waals surface area contributed by atoms with Gasteiger partial charge in [-0.3, -0.25) is 9.00 Å². The number of hydrogen-bond acceptors (Lipinski definition) is 7. The first-order chi connectivity index (χ1) is 21.0. The van der Waals surface area contributed by atoms with E-state index in [1.807, 2.05) is 27.7 Å². The van der Waals surface area contributed by atoms with E-state index < -0.39 is 17.4 Å². The average Bonchev–Trinajstić information content (AvgIpc) is 3.33. The monoisotopic (exact) mass is 592 g/mol. The average molecular weight is 593 g/mol. The molecule has 7 rings (SSSR count). The number of carbonyl (C=O) groups excluding carboxylic acids is 1. The summed E-state index contributed by atoms with van der Waals surface area (Å²) in [7, 11) is 0.541. The van der Waals surface area contributed by atoms with Gasteiger partial charge in [0.25, 0.3) is 5.91 Å². The third-order valence-corrected chi connectivity index (χ3v) is 9.84. The van der Waals surface area contributed by atoms with Crippen LogP contribution in [0.25, 0.3) is 33.6 Å². The van der Waals surface area contributed by atoms with Crippen molar-refractivity contribution in [3.63, 3.8) is 0 Å². The number of methoxy groups -OCH3 is 1. The first-order valence-corrected chi connectivity index (χ1v) is 16.4. The lowest BCUT2D eigenvalue weighted by Gasteiger charge is -2.27. The molecule has 4 aromatic rings. The fourth-order valence-electron chi connectivity index (χ4n) is 6.79. The van der Waals surface area contributed by atoms with Gasteiger partial charge in [0.15, 0.2) is 5.82 Å². The van der Waals surface area contributed by atoms with Crippen molar-refractivity contribution in [3.8, 4) is 23.1 Å². The molecular formula is C31H38N6O4S. The lowest BCUT2D eigenvalue weighted by molar-refractivity contribution is 0.0700. The highest BCUT2D eigenvalue weighted by atomic mass is 32.2. The molecule has 4 atom stereocenters. The van der Waals surface area contributed by atoms with E-state index in [1.54, 1.807) is 25.5 Å². The van der Waals surface area contributed by atoms with Crippen LogP contribution >= 0.6 is 0 Å². The van der Waals surface area contributed by atoms with Gasteiger partial charge in [-0.15, -0.1) is 0 Å². The number of amides is 1. The lowest BCUT2D eigenvalue weighted by atomic mass is 10.1. The molecule has 4 heterocycles. The lowest BCUT2D eigenvalue weighted by Crippen LogP contribution is -2.41. The van der Waals surface area contributed by atoms with Crippen LogP contribution in [0.5, 0.6) is 11.6 Å². The van der Waals surface area contributed by atoms with E-state index in [0.717, 1.165) is 48.8 Å². The van der Waals surface area contributed by atoms with Gasteiger partial charge in [-0.25, -0.2) is 4.98 Å². The molecule has 42 heavy (non-hydrogen) atoms. The van der Waals surface area contributed by atoms with Crippen molar-refractivity contribution >= 4 is 38.8 Å². The Morgan fingerprint density at radius 2 is 2.00 bits per heavy atom. The van der Waals surface area contributed by atoms with E-state index >= 15 is 0 Å². The number of hydrogen-bond donors (Lipinski definition) is 1. The number of imidazole rings is 1. The number of aryl methyl sites for hydroxylation is 1. The molecule has 2 N–H and O–H groups in total. The van der Waals surface area contributed by atoms with Crippen LogP contribution in [0.15, 0.2) is 30.3 Å². The van der Waals surface area contributed by atoms with Crippen molar-refractivity contribution < 1.29 is 21.2 Å². The fraction of sp³-hybridized carbons (Fsp3) is 0.516. The van der Waals surface area contributed by atoms with Crippen molar-refractivity contribution in [1.29, 1.82) is 0 Å². The second kappa shape index (κ2) is 10.7. The molecule has 2 aliphatic carbocycles. The molecule has 3 aromatic heterocycles. The number of nitrogens with two attached hydrogens (primary N) is 1. The van der Waals surface area contributed by atoms with Gasteiger partial charge in [-0.2, -0.15) is 4.98 Å². The van der Waals surface area contributed by atoms with Gasteiger partial charge >= 0.3 is 0 Å². The van der Waals surface area contributed by atoms with E-state index in [1.165, 1.54) is 6.92 Å². The summed E-state index contributed by atoms with van der Waals surface area (Å²) in [5, 5.41) is 0.880. The fourth-order valence-corrected chi connectivity index (χ4v) is 7.23. The van der Waals surface area contributed by atoms with Crippen LogP contribution in [0, 0.1) is 11.8 Å². The summed E-state index contributed by atoms with van der Waals surface area (Å²) >= 11 is 0. The SMILES string of the molecule is [2H]C([2H])(C)Oc1ccc2cc(-c3nc4cc(C(=O)N5C[C@H]6CC[C@@H]5[C@@H]6N)cc(OC)c4n3CC[S@](C)=O)n(CC3CC3)c2n1. The second-order valence-electron chi connectivity index (χ2n) is 11.8. The maximum atomic E-state index is 13.8. The number of piperidine rings is 1. The molecule has 1 aromatic carbocycles. The predicted molar refractivity (Wildman–Crippen MR) is 163 cm³/mol.